The van der Waals surface area contributed by atoms with E-state index < -0.39 is 23.3 Å². The lowest BCUT2D eigenvalue weighted by atomic mass is 9.84. The van der Waals surface area contributed by atoms with Gasteiger partial charge in [0.1, 0.15) is 6.61 Å². The molecule has 0 N–H and O–H groups in total. The third kappa shape index (κ3) is 4.59. The van der Waals surface area contributed by atoms with Crippen LogP contribution in [0.15, 0.2) is 36.6 Å². The van der Waals surface area contributed by atoms with Crippen LogP contribution < -0.4 is 9.47 Å². The predicted molar refractivity (Wildman–Crippen MR) is 117 cm³/mol. The summed E-state index contributed by atoms with van der Waals surface area (Å²) in [4.78, 5) is 0. The molecule has 1 unspecified atom stereocenters. The van der Waals surface area contributed by atoms with Gasteiger partial charge < -0.3 is 14.2 Å². The van der Waals surface area contributed by atoms with Gasteiger partial charge in [0.2, 0.25) is 11.6 Å². The minimum atomic E-state index is -1.26. The fourth-order valence-electron chi connectivity index (χ4n) is 4.26. The molecule has 176 valence electrons. The summed E-state index contributed by atoms with van der Waals surface area (Å²) < 4.78 is 75.9. The number of allylic oxidation sites excluding steroid dienone is 2. The van der Waals surface area contributed by atoms with Crippen molar-refractivity contribution in [3.8, 4) is 22.6 Å². The molecule has 0 radical (unpaired) electrons. The van der Waals surface area contributed by atoms with E-state index in [1.165, 1.54) is 18.2 Å². The standard InChI is InChI=1S/C26H26F4O3/c1-3-5-18-9-6-15(13-32-18)14-33-20-12-17-8-7-16-11-19(31-10-4-2)23(27)25(29)21(16)22(17)26(30)24(20)28/h4,9,11-12,15H,2-3,5-8,10,13-14H2,1H3. The fourth-order valence-corrected chi connectivity index (χ4v) is 4.26. The molecule has 33 heavy (non-hydrogen) atoms. The van der Waals surface area contributed by atoms with E-state index in [2.05, 4.69) is 13.5 Å². The highest BCUT2D eigenvalue weighted by Gasteiger charge is 2.31. The summed E-state index contributed by atoms with van der Waals surface area (Å²) in [6, 6.07) is 2.73. The molecule has 0 aromatic heterocycles. The Kier molecular flexibility index (Phi) is 6.96. The summed E-state index contributed by atoms with van der Waals surface area (Å²) in [5.74, 6) is -4.49. The Labute approximate surface area is 190 Å². The largest absolute Gasteiger partial charge is 0.498 e. The maximum absolute atomic E-state index is 15.1. The smallest absolute Gasteiger partial charge is 0.201 e. The number of rotatable bonds is 8. The van der Waals surface area contributed by atoms with Crippen LogP contribution in [0, 0.1) is 29.2 Å². The summed E-state index contributed by atoms with van der Waals surface area (Å²) in [6.07, 6.45) is 6.67. The maximum Gasteiger partial charge on any atom is 0.201 e. The number of fused-ring (bicyclic) bond motifs is 3. The van der Waals surface area contributed by atoms with Crippen LogP contribution in [0.1, 0.15) is 37.3 Å². The second kappa shape index (κ2) is 9.89. The van der Waals surface area contributed by atoms with E-state index in [0.29, 0.717) is 30.6 Å². The first-order valence-corrected chi connectivity index (χ1v) is 11.1. The van der Waals surface area contributed by atoms with Crippen molar-refractivity contribution >= 4 is 0 Å². The van der Waals surface area contributed by atoms with Gasteiger partial charge in [0.05, 0.1) is 19.0 Å². The molecular formula is C26H26F4O3. The third-order valence-electron chi connectivity index (χ3n) is 5.93. The molecule has 1 aliphatic carbocycles. The highest BCUT2D eigenvalue weighted by atomic mass is 19.2. The van der Waals surface area contributed by atoms with E-state index in [9.17, 15) is 13.2 Å². The molecule has 1 atom stereocenters. The zero-order valence-corrected chi connectivity index (χ0v) is 18.5. The van der Waals surface area contributed by atoms with E-state index in [-0.39, 0.29) is 41.8 Å². The summed E-state index contributed by atoms with van der Waals surface area (Å²) >= 11 is 0. The molecule has 0 bridgehead atoms. The van der Waals surface area contributed by atoms with Gasteiger partial charge in [-0.1, -0.05) is 19.6 Å². The maximum atomic E-state index is 15.1. The van der Waals surface area contributed by atoms with Crippen LogP contribution in [0.3, 0.4) is 0 Å². The SMILES string of the molecule is C=CCOc1cc2c(c(F)c1F)-c1c(cc(OCC3CC=C(CCC)OC3)c(F)c1F)CC2. The molecule has 2 aromatic carbocycles. The van der Waals surface area contributed by atoms with Crippen LogP contribution in [-0.2, 0) is 17.6 Å². The Morgan fingerprint density at radius 2 is 1.58 bits per heavy atom. The van der Waals surface area contributed by atoms with Gasteiger partial charge >= 0.3 is 0 Å². The number of hydrogen-bond acceptors (Lipinski definition) is 3. The number of halogens is 4. The van der Waals surface area contributed by atoms with Crippen molar-refractivity contribution < 1.29 is 31.8 Å². The number of ether oxygens (including phenoxy) is 3. The molecule has 0 amide bonds. The Hall–Kier alpha value is -2.96. The molecule has 2 aromatic rings. The molecule has 1 heterocycles. The van der Waals surface area contributed by atoms with Crippen LogP contribution >= 0.6 is 0 Å². The number of hydrogen-bond donors (Lipinski definition) is 0. The van der Waals surface area contributed by atoms with E-state index in [1.807, 2.05) is 6.08 Å². The van der Waals surface area contributed by atoms with E-state index >= 15 is 4.39 Å². The summed E-state index contributed by atoms with van der Waals surface area (Å²) in [7, 11) is 0. The normalized spacial score (nSPS) is 16.9. The number of benzene rings is 2. The zero-order chi connectivity index (χ0) is 23.5. The first-order chi connectivity index (χ1) is 15.9. The first-order valence-electron chi connectivity index (χ1n) is 11.1. The lowest BCUT2D eigenvalue weighted by molar-refractivity contribution is 0.104. The van der Waals surface area contributed by atoms with Crippen molar-refractivity contribution in [2.75, 3.05) is 19.8 Å². The van der Waals surface area contributed by atoms with Crippen molar-refractivity contribution in [2.45, 2.75) is 39.0 Å². The Bertz CT molecular complexity index is 1090. The lowest BCUT2D eigenvalue weighted by Crippen LogP contribution is -2.21. The molecule has 0 saturated heterocycles. The molecule has 0 saturated carbocycles. The van der Waals surface area contributed by atoms with E-state index in [1.54, 1.807) is 0 Å². The van der Waals surface area contributed by atoms with Crippen LogP contribution in [-0.4, -0.2) is 19.8 Å². The van der Waals surface area contributed by atoms with Gasteiger partial charge in [0, 0.05) is 23.5 Å². The zero-order valence-electron chi connectivity index (χ0n) is 18.5. The van der Waals surface area contributed by atoms with Gasteiger partial charge in [-0.05, 0) is 55.0 Å². The van der Waals surface area contributed by atoms with Gasteiger partial charge in [0.25, 0.3) is 0 Å². The Morgan fingerprint density at radius 1 is 0.970 bits per heavy atom. The van der Waals surface area contributed by atoms with Crippen molar-refractivity contribution in [1.29, 1.82) is 0 Å². The monoisotopic (exact) mass is 462 g/mol. The van der Waals surface area contributed by atoms with Crippen molar-refractivity contribution in [3.63, 3.8) is 0 Å². The Morgan fingerprint density at radius 3 is 2.09 bits per heavy atom. The van der Waals surface area contributed by atoms with Gasteiger partial charge in [-0.3, -0.25) is 0 Å². The minimum Gasteiger partial charge on any atom is -0.498 e. The second-order valence-electron chi connectivity index (χ2n) is 8.32. The van der Waals surface area contributed by atoms with Crippen molar-refractivity contribution in [3.05, 3.63) is 71.0 Å². The third-order valence-corrected chi connectivity index (χ3v) is 5.93. The molecule has 4 rings (SSSR count). The average molecular weight is 462 g/mol. The van der Waals surface area contributed by atoms with E-state index in [0.717, 1.165) is 25.0 Å². The van der Waals surface area contributed by atoms with Gasteiger partial charge in [-0.15, -0.1) is 0 Å². The minimum absolute atomic E-state index is 0.00281. The first kappa shape index (κ1) is 23.2. The highest BCUT2D eigenvalue weighted by Crippen LogP contribution is 2.43. The second-order valence-corrected chi connectivity index (χ2v) is 8.32. The number of aryl methyl sites for hydroxylation is 2. The van der Waals surface area contributed by atoms with Crippen molar-refractivity contribution in [2.24, 2.45) is 5.92 Å². The van der Waals surface area contributed by atoms with Crippen LogP contribution in [0.4, 0.5) is 17.6 Å². The topological polar surface area (TPSA) is 27.7 Å². The molecule has 2 aliphatic rings. The average Bonchev–Trinajstić information content (AvgIpc) is 2.82. The lowest BCUT2D eigenvalue weighted by Gasteiger charge is -2.25. The van der Waals surface area contributed by atoms with Crippen LogP contribution in [0.2, 0.25) is 0 Å². The van der Waals surface area contributed by atoms with Crippen molar-refractivity contribution in [1.82, 2.24) is 0 Å². The molecular weight excluding hydrogens is 436 g/mol. The van der Waals surface area contributed by atoms with Gasteiger partial charge in [0.15, 0.2) is 23.1 Å². The van der Waals surface area contributed by atoms with Gasteiger partial charge in [-0.2, -0.15) is 8.78 Å². The molecule has 0 fully saturated rings. The van der Waals surface area contributed by atoms with Crippen LogP contribution in [0.25, 0.3) is 11.1 Å². The molecule has 3 nitrogen and oxygen atoms in total. The summed E-state index contributed by atoms with van der Waals surface area (Å²) in [5.41, 5.74) is 0.207. The quantitative estimate of drug-likeness (QED) is 0.324. The molecule has 7 heteroatoms. The molecule has 0 spiro atoms. The Balaban J connectivity index is 1.59. The van der Waals surface area contributed by atoms with Gasteiger partial charge in [-0.25, -0.2) is 8.78 Å². The van der Waals surface area contributed by atoms with Crippen LogP contribution in [0.5, 0.6) is 11.5 Å². The fraction of sp³-hybridized carbons (Fsp3) is 0.385. The summed E-state index contributed by atoms with van der Waals surface area (Å²) in [6.45, 7) is 6.16. The summed E-state index contributed by atoms with van der Waals surface area (Å²) in [5, 5.41) is 0. The molecule has 1 aliphatic heterocycles. The van der Waals surface area contributed by atoms with E-state index in [4.69, 9.17) is 14.2 Å². The highest BCUT2D eigenvalue weighted by molar-refractivity contribution is 5.76. The predicted octanol–water partition coefficient (Wildman–Crippen LogP) is 6.67.